The highest BCUT2D eigenvalue weighted by molar-refractivity contribution is 7.80. The number of aromatic nitrogens is 1. The first-order valence-electron chi connectivity index (χ1n) is 6.65. The summed E-state index contributed by atoms with van der Waals surface area (Å²) >= 11 is 5.21. The minimum atomic E-state index is 0.262. The van der Waals surface area contributed by atoms with Crippen LogP contribution in [-0.4, -0.2) is 15.8 Å². The number of hydrazone groups is 1. The van der Waals surface area contributed by atoms with Crippen molar-refractivity contribution in [3.05, 3.63) is 36.2 Å². The Morgan fingerprint density at radius 3 is 2.85 bits per heavy atom. The zero-order chi connectivity index (χ0) is 14.6. The van der Waals surface area contributed by atoms with Crippen LogP contribution < -0.4 is 10.7 Å². The summed E-state index contributed by atoms with van der Waals surface area (Å²) in [5.74, 6) is 0. The van der Waals surface area contributed by atoms with Crippen LogP contribution in [0.3, 0.4) is 0 Å². The summed E-state index contributed by atoms with van der Waals surface area (Å²) in [6.07, 6.45) is 7.64. The first-order chi connectivity index (χ1) is 9.44. The van der Waals surface area contributed by atoms with E-state index in [0.29, 0.717) is 5.11 Å². The molecule has 0 aromatic carbocycles. The van der Waals surface area contributed by atoms with E-state index in [0.717, 1.165) is 24.2 Å². The summed E-state index contributed by atoms with van der Waals surface area (Å²) < 4.78 is 0. The number of allylic oxidation sites excluding steroid dienone is 2. The van der Waals surface area contributed by atoms with Crippen molar-refractivity contribution in [1.82, 2.24) is 10.4 Å². The van der Waals surface area contributed by atoms with E-state index in [1.807, 2.05) is 12.1 Å². The molecule has 1 aliphatic rings. The Morgan fingerprint density at radius 2 is 2.20 bits per heavy atom. The molecular formula is C15H20N4S. The van der Waals surface area contributed by atoms with Gasteiger partial charge in [-0.1, -0.05) is 19.4 Å². The lowest BCUT2D eigenvalue weighted by molar-refractivity contribution is 0.373. The van der Waals surface area contributed by atoms with Gasteiger partial charge >= 0.3 is 0 Å². The second-order valence-corrected chi connectivity index (χ2v) is 6.33. The summed E-state index contributed by atoms with van der Waals surface area (Å²) in [5.41, 5.74) is 6.40. The van der Waals surface area contributed by atoms with Crippen molar-refractivity contribution in [2.45, 2.75) is 33.6 Å². The summed E-state index contributed by atoms with van der Waals surface area (Å²) in [7, 11) is 0. The van der Waals surface area contributed by atoms with Crippen LogP contribution in [0.25, 0.3) is 0 Å². The molecule has 0 unspecified atom stereocenters. The molecule has 0 aliphatic heterocycles. The summed E-state index contributed by atoms with van der Waals surface area (Å²) in [4.78, 5) is 4.02. The fourth-order valence-corrected chi connectivity index (χ4v) is 2.65. The van der Waals surface area contributed by atoms with Gasteiger partial charge in [-0.2, -0.15) is 5.10 Å². The fourth-order valence-electron chi connectivity index (χ4n) is 2.48. The highest BCUT2D eigenvalue weighted by Crippen LogP contribution is 2.33. The quantitative estimate of drug-likeness (QED) is 0.646. The zero-order valence-corrected chi connectivity index (χ0v) is 12.9. The molecule has 1 aliphatic carbocycles. The third-order valence-corrected chi connectivity index (χ3v) is 3.24. The molecule has 20 heavy (non-hydrogen) atoms. The van der Waals surface area contributed by atoms with Gasteiger partial charge in [0.2, 0.25) is 0 Å². The van der Waals surface area contributed by atoms with Crippen LogP contribution in [0.15, 0.2) is 41.3 Å². The van der Waals surface area contributed by atoms with Crippen LogP contribution in [0.1, 0.15) is 33.6 Å². The van der Waals surface area contributed by atoms with E-state index in [1.54, 1.807) is 12.4 Å². The molecule has 0 bridgehead atoms. The largest absolute Gasteiger partial charge is 0.330 e. The third-order valence-electron chi connectivity index (χ3n) is 3.05. The lowest BCUT2D eigenvalue weighted by atomic mass is 9.77. The number of nitrogens with zero attached hydrogens (tertiary/aromatic N) is 2. The molecule has 4 nitrogen and oxygen atoms in total. The highest BCUT2D eigenvalue weighted by Gasteiger charge is 2.24. The molecule has 2 N–H and O–H groups in total. The van der Waals surface area contributed by atoms with Gasteiger partial charge in [-0.3, -0.25) is 10.4 Å². The summed E-state index contributed by atoms with van der Waals surface area (Å²) in [6.45, 7) is 6.65. The smallest absolute Gasteiger partial charge is 0.191 e. The normalized spacial score (nSPS) is 19.4. The number of hydrogen-bond acceptors (Lipinski definition) is 3. The lowest BCUT2D eigenvalue weighted by Crippen LogP contribution is -2.27. The molecule has 0 amide bonds. The van der Waals surface area contributed by atoms with Crippen molar-refractivity contribution < 1.29 is 0 Å². The van der Waals surface area contributed by atoms with Gasteiger partial charge in [0.25, 0.3) is 0 Å². The molecule has 1 aromatic rings. The van der Waals surface area contributed by atoms with Gasteiger partial charge in [0, 0.05) is 6.20 Å². The molecule has 0 saturated heterocycles. The van der Waals surface area contributed by atoms with Gasteiger partial charge in [-0.05, 0) is 55.6 Å². The molecule has 2 rings (SSSR count). The van der Waals surface area contributed by atoms with Gasteiger partial charge < -0.3 is 5.32 Å². The Kier molecular flexibility index (Phi) is 4.49. The van der Waals surface area contributed by atoms with E-state index >= 15 is 0 Å². The Balaban J connectivity index is 1.95. The Morgan fingerprint density at radius 1 is 1.40 bits per heavy atom. The predicted octanol–water partition coefficient (Wildman–Crippen LogP) is 3.49. The number of thiocarbonyl (C=S) groups is 1. The van der Waals surface area contributed by atoms with E-state index in [2.05, 4.69) is 47.7 Å². The molecule has 0 fully saturated rings. The topological polar surface area (TPSA) is 49.3 Å². The number of rotatable bonds is 2. The van der Waals surface area contributed by atoms with E-state index in [1.165, 1.54) is 5.57 Å². The minimum absolute atomic E-state index is 0.262. The molecular weight excluding hydrogens is 268 g/mol. The summed E-state index contributed by atoms with van der Waals surface area (Å²) in [5, 5.41) is 7.91. The molecule has 106 valence electrons. The van der Waals surface area contributed by atoms with Crippen LogP contribution in [0.5, 0.6) is 0 Å². The van der Waals surface area contributed by atoms with E-state index < -0.39 is 0 Å². The van der Waals surface area contributed by atoms with Crippen LogP contribution in [0.2, 0.25) is 0 Å². The standard InChI is InChI=1S/C15H20N4S/c1-11-7-13(9-15(2,3)8-11)18-19-14(20)17-12-5-4-6-16-10-12/h4-7,10H,8-9H2,1-3H3,(H2,17,19,20)/b18-13+. The van der Waals surface area contributed by atoms with Gasteiger partial charge in [0.15, 0.2) is 5.11 Å². The van der Waals surface area contributed by atoms with Crippen LogP contribution in [0, 0.1) is 5.41 Å². The first kappa shape index (κ1) is 14.7. The van der Waals surface area contributed by atoms with Crippen molar-refractivity contribution in [3.8, 4) is 0 Å². The van der Waals surface area contributed by atoms with Crippen LogP contribution >= 0.6 is 12.2 Å². The van der Waals surface area contributed by atoms with Crippen molar-refractivity contribution in [1.29, 1.82) is 0 Å². The molecule has 1 heterocycles. The summed E-state index contributed by atoms with van der Waals surface area (Å²) in [6, 6.07) is 3.76. The number of nitrogens with one attached hydrogen (secondary N) is 2. The minimum Gasteiger partial charge on any atom is -0.330 e. The average Bonchev–Trinajstić information content (AvgIpc) is 2.35. The molecule has 1 aromatic heterocycles. The van der Waals surface area contributed by atoms with E-state index in [4.69, 9.17) is 12.2 Å². The van der Waals surface area contributed by atoms with Gasteiger partial charge in [-0.25, -0.2) is 0 Å². The maximum absolute atomic E-state index is 5.21. The molecule has 5 heteroatoms. The SMILES string of the molecule is CC1=C/C(=N\NC(=S)Nc2cccnc2)CC(C)(C)C1. The maximum Gasteiger partial charge on any atom is 0.191 e. The van der Waals surface area contributed by atoms with Crippen molar-refractivity contribution in [3.63, 3.8) is 0 Å². The molecule has 0 saturated carbocycles. The predicted molar refractivity (Wildman–Crippen MR) is 87.8 cm³/mol. The average molecular weight is 288 g/mol. The monoisotopic (exact) mass is 288 g/mol. The molecule has 0 spiro atoms. The third kappa shape index (κ3) is 4.42. The van der Waals surface area contributed by atoms with Crippen molar-refractivity contribution in [2.24, 2.45) is 10.5 Å². The second-order valence-electron chi connectivity index (χ2n) is 5.92. The fraction of sp³-hybridized carbons (Fsp3) is 0.400. The number of pyridine rings is 1. The maximum atomic E-state index is 5.21. The van der Waals surface area contributed by atoms with Gasteiger partial charge in [0.05, 0.1) is 17.6 Å². The molecule has 0 atom stereocenters. The Bertz CT molecular complexity index is 546. The van der Waals surface area contributed by atoms with Crippen LogP contribution in [-0.2, 0) is 0 Å². The molecule has 0 radical (unpaired) electrons. The number of hydrogen-bond donors (Lipinski definition) is 2. The Hall–Kier alpha value is -1.75. The van der Waals surface area contributed by atoms with Gasteiger partial charge in [0.1, 0.15) is 0 Å². The lowest BCUT2D eigenvalue weighted by Gasteiger charge is -2.29. The van der Waals surface area contributed by atoms with Crippen molar-refractivity contribution in [2.75, 3.05) is 5.32 Å². The number of anilines is 1. The first-order valence-corrected chi connectivity index (χ1v) is 7.06. The van der Waals surface area contributed by atoms with Crippen molar-refractivity contribution >= 4 is 28.7 Å². The van der Waals surface area contributed by atoms with E-state index in [9.17, 15) is 0 Å². The van der Waals surface area contributed by atoms with Gasteiger partial charge in [-0.15, -0.1) is 0 Å². The second kappa shape index (κ2) is 6.13. The zero-order valence-electron chi connectivity index (χ0n) is 12.1. The Labute approximate surface area is 125 Å². The van der Waals surface area contributed by atoms with Crippen LogP contribution in [0.4, 0.5) is 5.69 Å². The highest BCUT2D eigenvalue weighted by atomic mass is 32.1. The van der Waals surface area contributed by atoms with E-state index in [-0.39, 0.29) is 5.41 Å².